The molecule has 0 saturated carbocycles. The third-order valence-corrected chi connectivity index (χ3v) is 9.95. The Morgan fingerprint density at radius 2 is 0.846 bits per heavy atom. The van der Waals surface area contributed by atoms with Crippen molar-refractivity contribution in [2.75, 3.05) is 4.90 Å². The summed E-state index contributed by atoms with van der Waals surface area (Å²) in [6.45, 7) is 0. The fraction of sp³-hybridized carbons (Fsp3) is 0. The average Bonchev–Trinajstić information content (AvgIpc) is 3.67. The van der Waals surface area contributed by atoms with Crippen LogP contribution in [0.4, 0.5) is 17.1 Å². The number of rotatable bonds is 6. The van der Waals surface area contributed by atoms with Crippen molar-refractivity contribution in [2.24, 2.45) is 0 Å². The first-order chi connectivity index (χ1) is 27.9. The Kier molecular flexibility index (Phi) is 6.01. The molecule has 0 aliphatic heterocycles. The molecule has 2 nitrogen and oxygen atoms in total. The molecule has 0 fully saturated rings. The predicted molar refractivity (Wildman–Crippen MR) is 220 cm³/mol. The second-order valence-electron chi connectivity index (χ2n) is 12.9. The Morgan fingerprint density at radius 1 is 0.365 bits per heavy atom. The smallest absolute Gasteiger partial charge is 0.160 e. The van der Waals surface area contributed by atoms with Gasteiger partial charge in [0, 0.05) is 33.1 Å². The van der Waals surface area contributed by atoms with Gasteiger partial charge in [-0.1, -0.05) is 170 Å². The first-order valence-corrected chi connectivity index (χ1v) is 17.4. The minimum Gasteiger partial charge on any atom is -0.453 e. The van der Waals surface area contributed by atoms with E-state index in [9.17, 15) is 2.74 Å². The van der Waals surface area contributed by atoms with Gasteiger partial charge in [0.2, 0.25) is 0 Å². The molecule has 2 heteroatoms. The van der Waals surface area contributed by atoms with Gasteiger partial charge in [-0.15, -0.1) is 0 Å². The summed E-state index contributed by atoms with van der Waals surface area (Å²) in [4.78, 5) is 2.09. The zero-order valence-corrected chi connectivity index (χ0v) is 28.0. The first kappa shape index (κ1) is 25.1. The summed E-state index contributed by atoms with van der Waals surface area (Å²) in [6.07, 6.45) is 0. The van der Waals surface area contributed by atoms with Gasteiger partial charge < -0.3 is 9.32 Å². The van der Waals surface area contributed by atoms with E-state index in [-0.39, 0.29) is 17.6 Å². The molecular formula is C50H33NO. The molecule has 52 heavy (non-hydrogen) atoms. The SMILES string of the molecule is [2H]c1c([2H])c([2H])c(-c2ccc3c(oc4c5ccccc5c5ccccc5c34)c2N(c2ccc(-c3ccccc3)cc2)c2ccc(-c3ccccc3)cc2)c([2H])c1[2H]. The van der Waals surface area contributed by atoms with Crippen LogP contribution in [-0.2, 0) is 0 Å². The molecule has 1 heterocycles. The van der Waals surface area contributed by atoms with Crippen LogP contribution in [0.3, 0.4) is 0 Å². The number of anilines is 3. The Bertz CT molecular complexity index is 3050. The Balaban J connectivity index is 1.34. The van der Waals surface area contributed by atoms with Crippen molar-refractivity contribution in [3.05, 3.63) is 200 Å². The van der Waals surface area contributed by atoms with Crippen LogP contribution >= 0.6 is 0 Å². The highest BCUT2D eigenvalue weighted by Gasteiger charge is 2.25. The second kappa shape index (κ2) is 12.5. The summed E-state index contributed by atoms with van der Waals surface area (Å²) in [5.41, 5.74) is 8.24. The number of hydrogen-bond acceptors (Lipinski definition) is 2. The lowest BCUT2D eigenvalue weighted by atomic mass is 9.95. The van der Waals surface area contributed by atoms with Crippen molar-refractivity contribution >= 4 is 60.5 Å². The maximum absolute atomic E-state index is 9.18. The van der Waals surface area contributed by atoms with Crippen molar-refractivity contribution in [1.29, 1.82) is 0 Å². The predicted octanol–water partition coefficient (Wildman–Crippen LogP) is 14.4. The van der Waals surface area contributed by atoms with Gasteiger partial charge in [-0.3, -0.25) is 0 Å². The van der Waals surface area contributed by atoms with E-state index in [1.54, 1.807) is 0 Å². The summed E-state index contributed by atoms with van der Waals surface area (Å²) in [5.74, 6) is 0. The molecule has 0 aliphatic rings. The number of furan rings is 1. The molecule has 0 N–H and O–H groups in total. The van der Waals surface area contributed by atoms with Gasteiger partial charge in [-0.2, -0.15) is 0 Å². The standard InChI is InChI=1S/C50H33NO/c1-4-14-34(15-5-1)36-24-28-39(29-25-36)51(40-30-26-37(27-31-40)35-16-6-2-7-17-35)48-41(38-18-8-3-9-19-38)32-33-46-47-44-22-12-10-20-42(44)43-21-11-13-23-45(43)49(47)52-50(46)48/h1-33H/i3D,8D,9D,18D,19D. The highest BCUT2D eigenvalue weighted by Crippen LogP contribution is 2.50. The van der Waals surface area contributed by atoms with E-state index in [4.69, 9.17) is 8.53 Å². The van der Waals surface area contributed by atoms with Crippen LogP contribution in [0.1, 0.15) is 6.85 Å². The lowest BCUT2D eigenvalue weighted by Gasteiger charge is -2.28. The van der Waals surface area contributed by atoms with Crippen molar-refractivity contribution < 1.29 is 11.3 Å². The van der Waals surface area contributed by atoms with Crippen molar-refractivity contribution in [2.45, 2.75) is 0 Å². The first-order valence-electron chi connectivity index (χ1n) is 19.9. The van der Waals surface area contributed by atoms with E-state index >= 15 is 0 Å². The Morgan fingerprint density at radius 3 is 1.42 bits per heavy atom. The zero-order valence-electron chi connectivity index (χ0n) is 33.0. The fourth-order valence-corrected chi connectivity index (χ4v) is 7.54. The van der Waals surface area contributed by atoms with Crippen LogP contribution < -0.4 is 4.90 Å². The van der Waals surface area contributed by atoms with Crippen LogP contribution in [0, 0.1) is 0 Å². The van der Waals surface area contributed by atoms with Crippen LogP contribution in [0.5, 0.6) is 0 Å². The molecule has 0 saturated heterocycles. The normalized spacial score (nSPS) is 12.8. The van der Waals surface area contributed by atoms with Gasteiger partial charge in [0.15, 0.2) is 5.58 Å². The van der Waals surface area contributed by atoms with Crippen LogP contribution in [0.2, 0.25) is 0 Å². The molecule has 9 aromatic carbocycles. The topological polar surface area (TPSA) is 16.4 Å². The quantitative estimate of drug-likeness (QED) is 0.164. The number of hydrogen-bond donors (Lipinski definition) is 0. The molecule has 0 spiro atoms. The maximum Gasteiger partial charge on any atom is 0.160 e. The minimum atomic E-state index is -0.442. The molecule has 244 valence electrons. The third-order valence-electron chi connectivity index (χ3n) is 9.95. The number of nitrogens with zero attached hydrogens (tertiary/aromatic N) is 1. The van der Waals surface area contributed by atoms with Crippen molar-refractivity contribution in [3.63, 3.8) is 0 Å². The number of benzene rings is 9. The van der Waals surface area contributed by atoms with Gasteiger partial charge in [-0.05, 0) is 74.3 Å². The molecule has 10 aromatic rings. The molecule has 0 unspecified atom stereocenters. The van der Waals surface area contributed by atoms with Gasteiger partial charge in [0.1, 0.15) is 5.58 Å². The largest absolute Gasteiger partial charge is 0.453 e. The van der Waals surface area contributed by atoms with Gasteiger partial charge in [0.05, 0.1) is 12.5 Å². The highest BCUT2D eigenvalue weighted by atomic mass is 16.3. The second-order valence-corrected chi connectivity index (χ2v) is 12.9. The van der Waals surface area contributed by atoms with Crippen LogP contribution in [0.15, 0.2) is 204 Å². The molecule has 0 radical (unpaired) electrons. The summed E-state index contributed by atoms with van der Waals surface area (Å²) < 4.78 is 51.3. The molecule has 0 amide bonds. The minimum absolute atomic E-state index is 0.0971. The Hall–Kier alpha value is -6.90. The van der Waals surface area contributed by atoms with Crippen LogP contribution in [-0.4, -0.2) is 0 Å². The number of fused-ring (bicyclic) bond motifs is 8. The highest BCUT2D eigenvalue weighted by molar-refractivity contribution is 6.31. The van der Waals surface area contributed by atoms with E-state index in [2.05, 4.69) is 102 Å². The van der Waals surface area contributed by atoms with E-state index in [0.717, 1.165) is 71.5 Å². The summed E-state index contributed by atoms with van der Waals surface area (Å²) >= 11 is 0. The van der Waals surface area contributed by atoms with E-state index in [0.29, 0.717) is 16.8 Å². The molecule has 0 atom stereocenters. The van der Waals surface area contributed by atoms with Crippen molar-refractivity contribution in [1.82, 2.24) is 0 Å². The molecule has 0 aliphatic carbocycles. The molecular weight excluding hydrogens is 631 g/mol. The van der Waals surface area contributed by atoms with Gasteiger partial charge in [-0.25, -0.2) is 0 Å². The summed E-state index contributed by atoms with van der Waals surface area (Å²) in [5, 5.41) is 5.97. The third kappa shape index (κ3) is 4.96. The van der Waals surface area contributed by atoms with Crippen LogP contribution in [0.25, 0.3) is 76.9 Å². The lowest BCUT2D eigenvalue weighted by molar-refractivity contribution is 0.673. The summed E-state index contributed by atoms with van der Waals surface area (Å²) in [7, 11) is 0. The zero-order chi connectivity index (χ0) is 38.8. The Labute approximate surface area is 309 Å². The fourth-order valence-electron chi connectivity index (χ4n) is 7.54. The summed E-state index contributed by atoms with van der Waals surface area (Å²) in [6, 6.07) is 55.6. The van der Waals surface area contributed by atoms with Crippen molar-refractivity contribution in [3.8, 4) is 33.4 Å². The van der Waals surface area contributed by atoms with Gasteiger partial charge >= 0.3 is 0 Å². The molecule has 0 bridgehead atoms. The molecule has 10 rings (SSSR count). The van der Waals surface area contributed by atoms with E-state index in [1.807, 2.05) is 72.8 Å². The lowest BCUT2D eigenvalue weighted by Crippen LogP contribution is -2.11. The van der Waals surface area contributed by atoms with E-state index in [1.165, 1.54) is 0 Å². The monoisotopic (exact) mass is 668 g/mol. The molecule has 1 aromatic heterocycles. The van der Waals surface area contributed by atoms with E-state index < -0.39 is 18.1 Å². The average molecular weight is 669 g/mol. The van der Waals surface area contributed by atoms with Gasteiger partial charge in [0.25, 0.3) is 0 Å². The maximum atomic E-state index is 9.18.